The highest BCUT2D eigenvalue weighted by Gasteiger charge is 2.36. The highest BCUT2D eigenvalue weighted by molar-refractivity contribution is 5.81. The van der Waals surface area contributed by atoms with Crippen LogP contribution in [0, 0.1) is 25.7 Å². The van der Waals surface area contributed by atoms with Crippen LogP contribution in [0.4, 0.5) is 0 Å². The number of nitrogens with zero attached hydrogens (tertiary/aromatic N) is 3. The quantitative estimate of drug-likeness (QED) is 0.532. The summed E-state index contributed by atoms with van der Waals surface area (Å²) in [7, 11) is 0. The highest BCUT2D eigenvalue weighted by atomic mass is 16.2. The van der Waals surface area contributed by atoms with E-state index in [-0.39, 0.29) is 17.4 Å². The summed E-state index contributed by atoms with van der Waals surface area (Å²) in [5, 5.41) is 0. The van der Waals surface area contributed by atoms with Gasteiger partial charge in [-0.15, -0.1) is 0 Å². The number of aryl methyl sites for hydroxylation is 1. The topological polar surface area (TPSA) is 55.2 Å². The largest absolute Gasteiger partial charge is 0.342 e. The number of allylic oxidation sites excluding steroid dienone is 1. The van der Waals surface area contributed by atoms with E-state index in [1.54, 1.807) is 0 Å². The van der Waals surface area contributed by atoms with E-state index in [9.17, 15) is 9.59 Å². The molecule has 1 amide bonds. The lowest BCUT2D eigenvalue weighted by atomic mass is 9.99. The highest BCUT2D eigenvalue weighted by Crippen LogP contribution is 2.33. The average molecular weight is 466 g/mol. The number of benzene rings is 2. The van der Waals surface area contributed by atoms with Gasteiger partial charge >= 0.3 is 0 Å². The fourth-order valence-corrected chi connectivity index (χ4v) is 5.42. The molecule has 3 aromatic rings. The Morgan fingerprint density at radius 2 is 1.74 bits per heavy atom. The molecule has 3 aliphatic rings. The van der Waals surface area contributed by atoms with E-state index in [0.717, 1.165) is 61.4 Å². The van der Waals surface area contributed by atoms with Crippen molar-refractivity contribution >= 4 is 12.0 Å². The van der Waals surface area contributed by atoms with E-state index in [1.165, 1.54) is 16.7 Å². The summed E-state index contributed by atoms with van der Waals surface area (Å²) in [5.41, 5.74) is 7.46. The van der Waals surface area contributed by atoms with Gasteiger partial charge in [-0.05, 0) is 67.7 Å². The molecular formula is C30H31N3O2. The molecular weight excluding hydrogens is 434 g/mol. The zero-order chi connectivity index (χ0) is 24.1. The first-order valence-electron chi connectivity index (χ1n) is 12.7. The van der Waals surface area contributed by atoms with Crippen molar-refractivity contribution in [2.45, 2.75) is 46.1 Å². The number of carbonyl (C=O) groups excluding carboxylic acids is 1. The number of fused-ring (bicyclic) bond motifs is 1. The molecule has 0 bridgehead atoms. The third kappa shape index (κ3) is 4.13. The van der Waals surface area contributed by atoms with Gasteiger partial charge in [-0.3, -0.25) is 14.2 Å². The van der Waals surface area contributed by atoms with Gasteiger partial charge in [-0.2, -0.15) is 0 Å². The molecule has 2 fully saturated rings. The van der Waals surface area contributed by atoms with Crippen molar-refractivity contribution in [1.82, 2.24) is 14.5 Å². The summed E-state index contributed by atoms with van der Waals surface area (Å²) < 4.78 is 1.84. The molecule has 2 heterocycles. The van der Waals surface area contributed by atoms with Crippen LogP contribution >= 0.6 is 0 Å². The van der Waals surface area contributed by atoms with Crippen LogP contribution in [0.2, 0.25) is 0 Å². The van der Waals surface area contributed by atoms with Crippen molar-refractivity contribution in [2.75, 3.05) is 13.1 Å². The Morgan fingerprint density at radius 1 is 1.00 bits per heavy atom. The minimum Gasteiger partial charge on any atom is -0.342 e. The van der Waals surface area contributed by atoms with Crippen LogP contribution < -0.4 is 5.56 Å². The zero-order valence-corrected chi connectivity index (χ0v) is 20.5. The molecule has 2 aromatic carbocycles. The first-order chi connectivity index (χ1) is 17.0. The van der Waals surface area contributed by atoms with Crippen LogP contribution in [0.15, 0.2) is 53.3 Å². The summed E-state index contributed by atoms with van der Waals surface area (Å²) in [6.45, 7) is 5.89. The predicted molar refractivity (Wildman–Crippen MR) is 139 cm³/mol. The second-order valence-corrected chi connectivity index (χ2v) is 10.4. The Morgan fingerprint density at radius 3 is 2.51 bits per heavy atom. The monoisotopic (exact) mass is 465 g/mol. The zero-order valence-electron chi connectivity index (χ0n) is 20.5. The third-order valence-corrected chi connectivity index (χ3v) is 7.86. The molecule has 0 radical (unpaired) electrons. The molecule has 178 valence electrons. The number of amides is 1. The van der Waals surface area contributed by atoms with Crippen molar-refractivity contribution in [2.24, 2.45) is 11.8 Å². The maximum atomic E-state index is 13.3. The number of aromatic nitrogens is 2. The molecule has 35 heavy (non-hydrogen) atoms. The average Bonchev–Trinajstić information content (AvgIpc) is 3.44. The van der Waals surface area contributed by atoms with Crippen LogP contribution in [-0.4, -0.2) is 33.4 Å². The molecule has 6 rings (SSSR count). The van der Waals surface area contributed by atoms with Crippen LogP contribution in [0.3, 0.4) is 0 Å². The molecule has 1 atom stereocenters. The lowest BCUT2D eigenvalue weighted by Crippen LogP contribution is -2.32. The number of likely N-dealkylation sites (tertiary alicyclic amines) is 1. The van der Waals surface area contributed by atoms with Gasteiger partial charge in [0, 0.05) is 42.4 Å². The van der Waals surface area contributed by atoms with Gasteiger partial charge in [-0.25, -0.2) is 4.98 Å². The van der Waals surface area contributed by atoms with Gasteiger partial charge in [0.15, 0.2) is 0 Å². The summed E-state index contributed by atoms with van der Waals surface area (Å²) >= 11 is 0. The van der Waals surface area contributed by atoms with Crippen molar-refractivity contribution in [1.29, 1.82) is 0 Å². The number of hydrogen-bond donors (Lipinski definition) is 0. The molecule has 1 saturated heterocycles. The first-order valence-corrected chi connectivity index (χ1v) is 12.7. The Balaban J connectivity index is 1.28. The van der Waals surface area contributed by atoms with Crippen LogP contribution in [0.5, 0.6) is 0 Å². The Kier molecular flexibility index (Phi) is 5.43. The first kappa shape index (κ1) is 22.0. The van der Waals surface area contributed by atoms with Gasteiger partial charge in [0.05, 0.1) is 0 Å². The Labute approximate surface area is 206 Å². The number of carbonyl (C=O) groups is 1. The molecule has 1 aromatic heterocycles. The van der Waals surface area contributed by atoms with E-state index in [1.807, 2.05) is 23.3 Å². The summed E-state index contributed by atoms with van der Waals surface area (Å²) in [6, 6.07) is 15.0. The Bertz CT molecular complexity index is 1400. The second kappa shape index (κ2) is 8.63. The maximum absolute atomic E-state index is 13.3. The van der Waals surface area contributed by atoms with E-state index >= 15 is 0 Å². The number of rotatable bonds is 5. The van der Waals surface area contributed by atoms with Gasteiger partial charge in [-0.1, -0.05) is 54.6 Å². The van der Waals surface area contributed by atoms with Gasteiger partial charge in [0.2, 0.25) is 5.91 Å². The van der Waals surface area contributed by atoms with Crippen molar-refractivity contribution < 1.29 is 4.79 Å². The second-order valence-electron chi connectivity index (χ2n) is 10.4. The molecule has 0 spiro atoms. The SMILES string of the molecule is Cc1nc(-c2ccc(-c3ccc4c(c3)CC=C4)cc2)n(C[C@@H]2CCN(C(=O)C3CC3)C2)c(=O)c1C. The van der Waals surface area contributed by atoms with Crippen molar-refractivity contribution in [3.8, 4) is 22.5 Å². The fourth-order valence-electron chi connectivity index (χ4n) is 5.42. The maximum Gasteiger partial charge on any atom is 0.256 e. The molecule has 0 unspecified atom stereocenters. The van der Waals surface area contributed by atoms with Gasteiger partial charge < -0.3 is 4.90 Å². The fraction of sp³-hybridized carbons (Fsp3) is 0.367. The van der Waals surface area contributed by atoms with E-state index in [4.69, 9.17) is 4.98 Å². The molecule has 5 heteroatoms. The molecule has 1 aliphatic heterocycles. The minimum absolute atomic E-state index is 0.0228. The van der Waals surface area contributed by atoms with Crippen LogP contribution in [0.25, 0.3) is 28.6 Å². The molecule has 2 aliphatic carbocycles. The summed E-state index contributed by atoms with van der Waals surface area (Å²) in [4.78, 5) is 32.7. The summed E-state index contributed by atoms with van der Waals surface area (Å²) in [5.74, 6) is 1.54. The van der Waals surface area contributed by atoms with E-state index < -0.39 is 0 Å². The standard InChI is InChI=1S/C30H31N3O2/c1-19-20(2)31-28(33(29(19)34)18-21-14-15-32(17-21)30(35)25-11-12-25)24-9-6-23(7-10-24)27-13-8-22-4-3-5-26(22)16-27/h3-4,6-10,13,16,21,25H,5,11-12,14-15,17-18H2,1-2H3/t21-/m1/s1. The molecule has 0 N–H and O–H groups in total. The predicted octanol–water partition coefficient (Wildman–Crippen LogP) is 5.02. The van der Waals surface area contributed by atoms with Gasteiger partial charge in [0.1, 0.15) is 5.82 Å². The Hall–Kier alpha value is -3.47. The van der Waals surface area contributed by atoms with E-state index in [0.29, 0.717) is 18.0 Å². The van der Waals surface area contributed by atoms with Crippen molar-refractivity contribution in [3.05, 3.63) is 81.3 Å². The smallest absolute Gasteiger partial charge is 0.256 e. The normalized spacial score (nSPS) is 18.8. The lowest BCUT2D eigenvalue weighted by Gasteiger charge is -2.19. The van der Waals surface area contributed by atoms with E-state index in [2.05, 4.69) is 54.6 Å². The van der Waals surface area contributed by atoms with Crippen LogP contribution in [-0.2, 0) is 17.8 Å². The third-order valence-electron chi connectivity index (χ3n) is 7.86. The molecule has 5 nitrogen and oxygen atoms in total. The summed E-state index contributed by atoms with van der Waals surface area (Å²) in [6.07, 6.45) is 8.37. The molecule has 1 saturated carbocycles. The lowest BCUT2D eigenvalue weighted by molar-refractivity contribution is -0.131. The van der Waals surface area contributed by atoms with Crippen molar-refractivity contribution in [3.63, 3.8) is 0 Å². The number of hydrogen-bond acceptors (Lipinski definition) is 3. The van der Waals surface area contributed by atoms with Gasteiger partial charge in [0.25, 0.3) is 5.56 Å². The minimum atomic E-state index is 0.0228. The van der Waals surface area contributed by atoms with Crippen LogP contribution in [0.1, 0.15) is 41.6 Å².